The maximum atomic E-state index is 5.49. The standard InChI is InChI=1S/C13H25N7/c1-3-8-19(4-2)12-15-11(18-14)16-13(17-12)20-9-6-5-7-10-20/h3-10,14H2,1-2H3,(H,15,16,17,18). The number of hydrazine groups is 1. The van der Waals surface area contributed by atoms with E-state index in [0.29, 0.717) is 11.9 Å². The van der Waals surface area contributed by atoms with E-state index in [0.717, 1.165) is 38.5 Å². The lowest BCUT2D eigenvalue weighted by molar-refractivity contribution is 0.567. The van der Waals surface area contributed by atoms with Crippen LogP contribution in [-0.2, 0) is 0 Å². The molecule has 7 nitrogen and oxygen atoms in total. The number of hydrogen-bond donors (Lipinski definition) is 2. The minimum atomic E-state index is 0.435. The van der Waals surface area contributed by atoms with E-state index in [9.17, 15) is 0 Å². The summed E-state index contributed by atoms with van der Waals surface area (Å²) in [5.41, 5.74) is 2.55. The smallest absolute Gasteiger partial charge is 0.243 e. The highest BCUT2D eigenvalue weighted by atomic mass is 15.4. The average molecular weight is 279 g/mol. The highest BCUT2D eigenvalue weighted by molar-refractivity contribution is 5.45. The molecule has 1 aliphatic rings. The van der Waals surface area contributed by atoms with Gasteiger partial charge < -0.3 is 9.80 Å². The number of nitrogens with one attached hydrogen (secondary N) is 1. The number of anilines is 3. The predicted molar refractivity (Wildman–Crippen MR) is 81.9 cm³/mol. The zero-order valence-electron chi connectivity index (χ0n) is 12.5. The zero-order valence-corrected chi connectivity index (χ0v) is 12.5. The Morgan fingerprint density at radius 3 is 2.50 bits per heavy atom. The molecule has 2 heterocycles. The van der Waals surface area contributed by atoms with Crippen LogP contribution < -0.4 is 21.1 Å². The molecular weight excluding hydrogens is 254 g/mol. The van der Waals surface area contributed by atoms with Crippen molar-refractivity contribution in [2.24, 2.45) is 5.84 Å². The van der Waals surface area contributed by atoms with Crippen molar-refractivity contribution in [1.82, 2.24) is 15.0 Å². The van der Waals surface area contributed by atoms with Crippen molar-refractivity contribution < 1.29 is 0 Å². The molecule has 0 atom stereocenters. The minimum Gasteiger partial charge on any atom is -0.341 e. The summed E-state index contributed by atoms with van der Waals surface area (Å²) in [6.07, 6.45) is 4.73. The van der Waals surface area contributed by atoms with Gasteiger partial charge in [0.15, 0.2) is 0 Å². The van der Waals surface area contributed by atoms with Gasteiger partial charge in [-0.05, 0) is 32.6 Å². The molecule has 0 saturated carbocycles. The number of nitrogens with two attached hydrogens (primary N) is 1. The van der Waals surface area contributed by atoms with E-state index in [2.05, 4.69) is 44.0 Å². The molecule has 0 radical (unpaired) electrons. The van der Waals surface area contributed by atoms with Crippen molar-refractivity contribution >= 4 is 17.8 Å². The second kappa shape index (κ2) is 7.23. The average Bonchev–Trinajstić information content (AvgIpc) is 2.53. The second-order valence-electron chi connectivity index (χ2n) is 5.03. The first-order valence-electron chi connectivity index (χ1n) is 7.51. The van der Waals surface area contributed by atoms with Gasteiger partial charge in [-0.2, -0.15) is 15.0 Å². The van der Waals surface area contributed by atoms with Gasteiger partial charge in [-0.15, -0.1) is 0 Å². The Hall–Kier alpha value is -1.63. The first-order chi connectivity index (χ1) is 9.78. The van der Waals surface area contributed by atoms with Gasteiger partial charge in [0.1, 0.15) is 0 Å². The lowest BCUT2D eigenvalue weighted by Gasteiger charge is -2.28. The lowest BCUT2D eigenvalue weighted by atomic mass is 10.1. The highest BCUT2D eigenvalue weighted by Crippen LogP contribution is 2.20. The summed E-state index contributed by atoms with van der Waals surface area (Å²) in [5, 5.41) is 0. The van der Waals surface area contributed by atoms with Crippen LogP contribution in [0.25, 0.3) is 0 Å². The molecule has 2 rings (SSSR count). The number of rotatable bonds is 6. The van der Waals surface area contributed by atoms with Gasteiger partial charge in [-0.3, -0.25) is 5.43 Å². The van der Waals surface area contributed by atoms with Crippen molar-refractivity contribution in [2.75, 3.05) is 41.4 Å². The number of nitrogen functional groups attached to an aromatic ring is 1. The molecule has 0 bridgehead atoms. The van der Waals surface area contributed by atoms with Crippen LogP contribution in [0.5, 0.6) is 0 Å². The zero-order chi connectivity index (χ0) is 14.4. The van der Waals surface area contributed by atoms with Gasteiger partial charge in [0.05, 0.1) is 0 Å². The van der Waals surface area contributed by atoms with Crippen molar-refractivity contribution in [2.45, 2.75) is 39.5 Å². The lowest BCUT2D eigenvalue weighted by Crippen LogP contribution is -2.33. The molecule has 0 amide bonds. The van der Waals surface area contributed by atoms with E-state index < -0.39 is 0 Å². The Labute approximate surface area is 120 Å². The van der Waals surface area contributed by atoms with Crippen LogP contribution in [0.4, 0.5) is 17.8 Å². The Morgan fingerprint density at radius 1 is 1.15 bits per heavy atom. The van der Waals surface area contributed by atoms with E-state index in [-0.39, 0.29) is 0 Å². The van der Waals surface area contributed by atoms with Crippen molar-refractivity contribution in [3.63, 3.8) is 0 Å². The first-order valence-corrected chi connectivity index (χ1v) is 7.51. The third-order valence-corrected chi connectivity index (χ3v) is 3.54. The van der Waals surface area contributed by atoms with Gasteiger partial charge in [0.25, 0.3) is 0 Å². The number of hydrogen-bond acceptors (Lipinski definition) is 7. The molecule has 1 aliphatic heterocycles. The maximum Gasteiger partial charge on any atom is 0.243 e. The van der Waals surface area contributed by atoms with Crippen LogP contribution >= 0.6 is 0 Å². The van der Waals surface area contributed by atoms with E-state index in [4.69, 9.17) is 5.84 Å². The van der Waals surface area contributed by atoms with Gasteiger partial charge in [-0.1, -0.05) is 6.92 Å². The minimum absolute atomic E-state index is 0.435. The predicted octanol–water partition coefficient (Wildman–Crippen LogP) is 1.38. The fourth-order valence-corrected chi connectivity index (χ4v) is 2.46. The largest absolute Gasteiger partial charge is 0.341 e. The molecule has 3 N–H and O–H groups in total. The highest BCUT2D eigenvalue weighted by Gasteiger charge is 2.17. The summed E-state index contributed by atoms with van der Waals surface area (Å²) in [6, 6.07) is 0. The van der Waals surface area contributed by atoms with E-state index in [1.807, 2.05) is 0 Å². The first kappa shape index (κ1) is 14.8. The summed E-state index contributed by atoms with van der Waals surface area (Å²) in [7, 11) is 0. The van der Waals surface area contributed by atoms with Gasteiger partial charge in [0, 0.05) is 26.2 Å². The van der Waals surface area contributed by atoms with Crippen LogP contribution in [0.3, 0.4) is 0 Å². The molecule has 0 aliphatic carbocycles. The van der Waals surface area contributed by atoms with Crippen molar-refractivity contribution in [3.8, 4) is 0 Å². The quantitative estimate of drug-likeness (QED) is 0.601. The second-order valence-corrected chi connectivity index (χ2v) is 5.03. The summed E-state index contributed by atoms with van der Waals surface area (Å²) < 4.78 is 0. The van der Waals surface area contributed by atoms with Crippen molar-refractivity contribution in [3.05, 3.63) is 0 Å². The topological polar surface area (TPSA) is 83.2 Å². The summed E-state index contributed by atoms with van der Waals surface area (Å²) in [4.78, 5) is 17.8. The van der Waals surface area contributed by atoms with Crippen LogP contribution in [0, 0.1) is 0 Å². The fourth-order valence-electron chi connectivity index (χ4n) is 2.46. The molecule has 112 valence electrons. The molecule has 1 fully saturated rings. The third-order valence-electron chi connectivity index (χ3n) is 3.54. The summed E-state index contributed by atoms with van der Waals surface area (Å²) >= 11 is 0. The SMILES string of the molecule is CCCN(CC)c1nc(NN)nc(N2CCCCC2)n1. The number of piperidine rings is 1. The van der Waals surface area contributed by atoms with Crippen LogP contribution in [0.15, 0.2) is 0 Å². The maximum absolute atomic E-state index is 5.49. The molecule has 1 aromatic rings. The molecule has 20 heavy (non-hydrogen) atoms. The van der Waals surface area contributed by atoms with Crippen LogP contribution in [0.1, 0.15) is 39.5 Å². The van der Waals surface area contributed by atoms with Crippen LogP contribution in [-0.4, -0.2) is 41.1 Å². The molecule has 7 heteroatoms. The van der Waals surface area contributed by atoms with E-state index >= 15 is 0 Å². The third kappa shape index (κ3) is 3.47. The Balaban J connectivity index is 2.27. The van der Waals surface area contributed by atoms with Crippen molar-refractivity contribution in [1.29, 1.82) is 0 Å². The van der Waals surface area contributed by atoms with Crippen LogP contribution in [0.2, 0.25) is 0 Å². The molecule has 0 spiro atoms. The molecule has 1 saturated heterocycles. The molecule has 0 aromatic carbocycles. The normalized spacial score (nSPS) is 15.2. The molecule has 0 unspecified atom stereocenters. The Bertz CT molecular complexity index is 394. The van der Waals surface area contributed by atoms with E-state index in [1.54, 1.807) is 0 Å². The summed E-state index contributed by atoms with van der Waals surface area (Å²) in [5.74, 6) is 7.37. The van der Waals surface area contributed by atoms with Gasteiger partial charge in [-0.25, -0.2) is 5.84 Å². The Kier molecular flexibility index (Phi) is 5.34. The summed E-state index contributed by atoms with van der Waals surface area (Å²) in [6.45, 7) is 8.08. The van der Waals surface area contributed by atoms with Gasteiger partial charge in [0.2, 0.25) is 17.8 Å². The molecule has 1 aromatic heterocycles. The Morgan fingerprint density at radius 2 is 1.90 bits per heavy atom. The fraction of sp³-hybridized carbons (Fsp3) is 0.769. The monoisotopic (exact) mass is 279 g/mol. The van der Waals surface area contributed by atoms with Gasteiger partial charge >= 0.3 is 0 Å². The number of nitrogens with zero attached hydrogens (tertiary/aromatic N) is 5. The molecular formula is C13H25N7. The van der Waals surface area contributed by atoms with E-state index in [1.165, 1.54) is 19.3 Å². The number of aromatic nitrogens is 3.